The summed E-state index contributed by atoms with van der Waals surface area (Å²) in [6.45, 7) is 1.94. The Labute approximate surface area is 152 Å². The quantitative estimate of drug-likeness (QED) is 0.830. The van der Waals surface area contributed by atoms with Crippen LogP contribution in [0.2, 0.25) is 0 Å². The molecule has 3 aliphatic heterocycles. The molecule has 4 aliphatic rings. The smallest absolute Gasteiger partial charge is 0.227 e. The number of amides is 2. The lowest BCUT2D eigenvalue weighted by Crippen LogP contribution is -2.48. The lowest BCUT2D eigenvalue weighted by atomic mass is 9.84. The van der Waals surface area contributed by atoms with Crippen LogP contribution in [0.5, 0.6) is 0 Å². The van der Waals surface area contributed by atoms with E-state index in [4.69, 9.17) is 0 Å². The van der Waals surface area contributed by atoms with Gasteiger partial charge in [-0.1, -0.05) is 12.5 Å². The van der Waals surface area contributed by atoms with E-state index in [1.54, 1.807) is 0 Å². The Bertz CT molecular complexity index is 720. The number of carbonyl (C=O) groups is 2. The first-order valence-electron chi connectivity index (χ1n) is 9.53. The highest BCUT2D eigenvalue weighted by Gasteiger charge is 2.40. The third kappa shape index (κ3) is 3.33. The summed E-state index contributed by atoms with van der Waals surface area (Å²) in [5.41, 5.74) is 0.221. The maximum absolute atomic E-state index is 13.9. The number of fused-ring (bicyclic) bond motifs is 4. The molecular weight excluding hydrogens is 338 g/mol. The van der Waals surface area contributed by atoms with E-state index in [2.05, 4.69) is 0 Å². The molecule has 1 saturated carbocycles. The number of hydrogen-bond donors (Lipinski definition) is 0. The van der Waals surface area contributed by atoms with E-state index in [9.17, 15) is 18.4 Å². The Hall–Kier alpha value is -1.98. The second-order valence-corrected chi connectivity index (χ2v) is 7.93. The van der Waals surface area contributed by atoms with Gasteiger partial charge in [0.05, 0.1) is 6.42 Å². The Morgan fingerprint density at radius 2 is 1.85 bits per heavy atom. The summed E-state index contributed by atoms with van der Waals surface area (Å²) in [5, 5.41) is 0. The molecule has 0 spiro atoms. The summed E-state index contributed by atoms with van der Waals surface area (Å²) in [7, 11) is 0. The average Bonchev–Trinajstić information content (AvgIpc) is 2.87. The van der Waals surface area contributed by atoms with Gasteiger partial charge in [0.25, 0.3) is 0 Å². The van der Waals surface area contributed by atoms with Crippen LogP contribution in [0.25, 0.3) is 0 Å². The van der Waals surface area contributed by atoms with Gasteiger partial charge in [-0.2, -0.15) is 0 Å². The molecule has 3 heterocycles. The van der Waals surface area contributed by atoms with Crippen molar-refractivity contribution in [3.8, 4) is 0 Å². The topological polar surface area (TPSA) is 40.6 Å². The summed E-state index contributed by atoms with van der Waals surface area (Å²) in [6, 6.07) is 3.34. The van der Waals surface area contributed by atoms with Crippen molar-refractivity contribution in [1.82, 2.24) is 9.80 Å². The molecule has 26 heavy (non-hydrogen) atoms. The second kappa shape index (κ2) is 6.97. The Balaban J connectivity index is 1.45. The number of rotatable bonds is 3. The van der Waals surface area contributed by atoms with E-state index in [1.165, 1.54) is 12.1 Å². The molecule has 2 bridgehead atoms. The molecule has 4 fully saturated rings. The number of piperidine rings is 1. The summed E-state index contributed by atoms with van der Waals surface area (Å²) < 4.78 is 26.9. The highest BCUT2D eigenvalue weighted by Crippen LogP contribution is 2.33. The van der Waals surface area contributed by atoms with Crippen molar-refractivity contribution in [2.75, 3.05) is 19.6 Å². The molecular formula is C20H24F2N2O2. The van der Waals surface area contributed by atoms with E-state index in [0.29, 0.717) is 19.0 Å². The zero-order chi connectivity index (χ0) is 18.3. The van der Waals surface area contributed by atoms with Gasteiger partial charge in [0.2, 0.25) is 11.8 Å². The van der Waals surface area contributed by atoms with E-state index < -0.39 is 11.6 Å². The van der Waals surface area contributed by atoms with Gasteiger partial charge in [-0.3, -0.25) is 9.59 Å². The molecule has 0 N–H and O–H groups in total. The van der Waals surface area contributed by atoms with Crippen LogP contribution >= 0.6 is 0 Å². The Morgan fingerprint density at radius 3 is 2.54 bits per heavy atom. The van der Waals surface area contributed by atoms with Crippen LogP contribution in [0.15, 0.2) is 18.2 Å². The van der Waals surface area contributed by atoms with Crippen LogP contribution in [-0.2, 0) is 16.0 Å². The van der Waals surface area contributed by atoms with Crippen LogP contribution in [0.3, 0.4) is 0 Å². The van der Waals surface area contributed by atoms with Crippen molar-refractivity contribution in [2.45, 2.75) is 44.6 Å². The highest BCUT2D eigenvalue weighted by molar-refractivity contribution is 5.81. The molecule has 3 saturated heterocycles. The predicted octanol–water partition coefficient (Wildman–Crippen LogP) is 2.76. The van der Waals surface area contributed by atoms with Crippen molar-refractivity contribution < 1.29 is 18.4 Å². The number of hydrogen-bond acceptors (Lipinski definition) is 2. The van der Waals surface area contributed by atoms with Gasteiger partial charge in [-0.25, -0.2) is 8.78 Å². The molecule has 4 nitrogen and oxygen atoms in total. The SMILES string of the molecule is O=C(C1CCC1)N1CC2CCC(C1)N(C(=O)Cc1ccc(F)cc1F)C2. The minimum atomic E-state index is -0.680. The number of nitrogens with zero attached hydrogens (tertiary/aromatic N) is 2. The fourth-order valence-corrected chi connectivity index (χ4v) is 4.41. The lowest BCUT2D eigenvalue weighted by molar-refractivity contribution is -0.139. The molecule has 0 radical (unpaired) electrons. The molecule has 2 amide bonds. The summed E-state index contributed by atoms with van der Waals surface area (Å²) in [5.74, 6) is -0.752. The minimum absolute atomic E-state index is 0.00814. The molecule has 1 aromatic rings. The summed E-state index contributed by atoms with van der Waals surface area (Å²) in [4.78, 5) is 29.2. The minimum Gasteiger partial charge on any atom is -0.340 e. The number of halogens is 2. The van der Waals surface area contributed by atoms with Gasteiger partial charge in [0.1, 0.15) is 11.6 Å². The van der Waals surface area contributed by atoms with Gasteiger partial charge in [-0.05, 0) is 43.2 Å². The van der Waals surface area contributed by atoms with Gasteiger partial charge in [-0.15, -0.1) is 0 Å². The van der Waals surface area contributed by atoms with Crippen molar-refractivity contribution in [2.24, 2.45) is 11.8 Å². The normalized spacial score (nSPS) is 25.8. The monoisotopic (exact) mass is 362 g/mol. The highest BCUT2D eigenvalue weighted by atomic mass is 19.1. The van der Waals surface area contributed by atoms with E-state index in [-0.39, 0.29) is 35.8 Å². The molecule has 0 aromatic heterocycles. The van der Waals surface area contributed by atoms with Crippen molar-refractivity contribution in [3.63, 3.8) is 0 Å². The van der Waals surface area contributed by atoms with Gasteiger partial charge < -0.3 is 9.80 Å². The first kappa shape index (κ1) is 17.4. The van der Waals surface area contributed by atoms with E-state index >= 15 is 0 Å². The fourth-order valence-electron chi connectivity index (χ4n) is 4.41. The number of benzene rings is 1. The van der Waals surface area contributed by atoms with Gasteiger partial charge in [0, 0.05) is 37.7 Å². The van der Waals surface area contributed by atoms with Gasteiger partial charge >= 0.3 is 0 Å². The van der Waals surface area contributed by atoms with E-state index in [1.807, 2.05) is 9.80 Å². The molecule has 5 rings (SSSR count). The first-order valence-corrected chi connectivity index (χ1v) is 9.53. The first-order chi connectivity index (χ1) is 12.5. The maximum atomic E-state index is 13.9. The average molecular weight is 362 g/mol. The maximum Gasteiger partial charge on any atom is 0.227 e. The van der Waals surface area contributed by atoms with Crippen molar-refractivity contribution in [1.29, 1.82) is 0 Å². The summed E-state index contributed by atoms with van der Waals surface area (Å²) in [6.07, 6.45) is 4.94. The largest absolute Gasteiger partial charge is 0.340 e. The fraction of sp³-hybridized carbons (Fsp3) is 0.600. The molecule has 6 heteroatoms. The predicted molar refractivity (Wildman–Crippen MR) is 92.2 cm³/mol. The third-order valence-corrected chi connectivity index (χ3v) is 6.16. The standard InChI is InChI=1S/C20H24F2N2O2/c21-16-6-5-15(18(22)9-16)8-19(25)24-11-13-4-7-17(24)12-23(10-13)20(26)14-2-1-3-14/h5-6,9,13-14,17H,1-4,7-8,10-12H2. The van der Waals surface area contributed by atoms with Gasteiger partial charge in [0.15, 0.2) is 0 Å². The van der Waals surface area contributed by atoms with E-state index in [0.717, 1.165) is 44.7 Å². The third-order valence-electron chi connectivity index (χ3n) is 6.16. The van der Waals surface area contributed by atoms with Crippen LogP contribution < -0.4 is 0 Å². The molecule has 1 aromatic carbocycles. The zero-order valence-electron chi connectivity index (χ0n) is 14.8. The molecule has 140 valence electrons. The molecule has 1 aliphatic carbocycles. The molecule has 2 atom stereocenters. The van der Waals surface area contributed by atoms with Crippen LogP contribution in [0, 0.1) is 23.5 Å². The summed E-state index contributed by atoms with van der Waals surface area (Å²) >= 11 is 0. The van der Waals surface area contributed by atoms with Crippen molar-refractivity contribution in [3.05, 3.63) is 35.4 Å². The van der Waals surface area contributed by atoms with Crippen LogP contribution in [-0.4, -0.2) is 47.3 Å². The van der Waals surface area contributed by atoms with Crippen LogP contribution in [0.1, 0.15) is 37.7 Å². The second-order valence-electron chi connectivity index (χ2n) is 7.93. The van der Waals surface area contributed by atoms with Crippen molar-refractivity contribution >= 4 is 11.8 Å². The molecule has 2 unspecified atom stereocenters. The lowest BCUT2D eigenvalue weighted by Gasteiger charge is -2.36. The van der Waals surface area contributed by atoms with Crippen LogP contribution in [0.4, 0.5) is 8.78 Å². The Kier molecular flexibility index (Phi) is 4.67. The number of carbonyl (C=O) groups excluding carboxylic acids is 2. The zero-order valence-corrected chi connectivity index (χ0v) is 14.8. The Morgan fingerprint density at radius 1 is 1.04 bits per heavy atom.